The van der Waals surface area contributed by atoms with E-state index in [1.165, 1.54) is 87.6 Å². The lowest BCUT2D eigenvalue weighted by Crippen LogP contribution is -1.90. The van der Waals surface area contributed by atoms with Gasteiger partial charge in [-0.15, -0.1) is 0 Å². The van der Waals surface area contributed by atoms with Gasteiger partial charge in [-0.2, -0.15) is 0 Å². The normalized spacial score (nSPS) is 11.5. The van der Waals surface area contributed by atoms with E-state index in [4.69, 9.17) is 0 Å². The molecule has 0 amide bonds. The van der Waals surface area contributed by atoms with Crippen molar-refractivity contribution in [3.63, 3.8) is 0 Å². The van der Waals surface area contributed by atoms with Gasteiger partial charge in [0, 0.05) is 0 Å². The lowest BCUT2D eigenvalue weighted by Gasteiger charge is -2.17. The molecule has 0 fully saturated rings. The SMILES string of the molecule is c1ccc(-c2ccc3c(c2)cc(-c2cccc4ccccc24)c2cc(-c4cc5ccccc5cc4-c4ccccc4)ccc23)cc1. The smallest absolute Gasteiger partial charge is 0.00926 e. The summed E-state index contributed by atoms with van der Waals surface area (Å²) in [7, 11) is 0. The van der Waals surface area contributed by atoms with E-state index in [9.17, 15) is 0 Å². The number of benzene rings is 9. The van der Waals surface area contributed by atoms with Gasteiger partial charge in [-0.25, -0.2) is 0 Å². The van der Waals surface area contributed by atoms with Crippen LogP contribution in [-0.2, 0) is 0 Å². The summed E-state index contributed by atoms with van der Waals surface area (Å²) >= 11 is 0. The summed E-state index contributed by atoms with van der Waals surface area (Å²) in [5, 5.41) is 10.1. The summed E-state index contributed by atoms with van der Waals surface area (Å²) in [6.07, 6.45) is 0. The summed E-state index contributed by atoms with van der Waals surface area (Å²) in [4.78, 5) is 0. The quantitative estimate of drug-likeness (QED) is 0.181. The van der Waals surface area contributed by atoms with Crippen molar-refractivity contribution >= 4 is 43.1 Å². The van der Waals surface area contributed by atoms with Crippen LogP contribution >= 0.6 is 0 Å². The van der Waals surface area contributed by atoms with Crippen molar-refractivity contribution < 1.29 is 0 Å². The second-order valence-corrected chi connectivity index (χ2v) is 12.1. The van der Waals surface area contributed by atoms with Gasteiger partial charge in [-0.05, 0) is 118 Å². The third-order valence-electron chi connectivity index (χ3n) is 9.42. The number of hydrogen-bond donors (Lipinski definition) is 0. The van der Waals surface area contributed by atoms with Crippen molar-refractivity contribution in [3.8, 4) is 44.5 Å². The molecule has 0 aliphatic carbocycles. The van der Waals surface area contributed by atoms with E-state index in [2.05, 4.69) is 182 Å². The van der Waals surface area contributed by atoms with Gasteiger partial charge in [-0.3, -0.25) is 0 Å². The van der Waals surface area contributed by atoms with Crippen molar-refractivity contribution in [2.45, 2.75) is 0 Å². The van der Waals surface area contributed by atoms with Gasteiger partial charge >= 0.3 is 0 Å². The molecule has 214 valence electrons. The Balaban J connectivity index is 1.35. The zero-order valence-electron chi connectivity index (χ0n) is 25.3. The van der Waals surface area contributed by atoms with E-state index in [0.29, 0.717) is 0 Å². The predicted octanol–water partition coefficient (Wildman–Crippen LogP) is 13.0. The van der Waals surface area contributed by atoms with E-state index in [0.717, 1.165) is 0 Å². The Morgan fingerprint density at radius 3 is 1.52 bits per heavy atom. The summed E-state index contributed by atoms with van der Waals surface area (Å²) in [5.74, 6) is 0. The van der Waals surface area contributed by atoms with Crippen LogP contribution in [0.1, 0.15) is 0 Å². The molecule has 0 heterocycles. The zero-order valence-corrected chi connectivity index (χ0v) is 25.3. The molecule has 0 spiro atoms. The van der Waals surface area contributed by atoms with Gasteiger partial charge in [0.1, 0.15) is 0 Å². The first-order chi connectivity index (χ1) is 22.8. The molecule has 0 saturated carbocycles. The Bertz CT molecular complexity index is 2550. The fourth-order valence-electron chi connectivity index (χ4n) is 7.16. The van der Waals surface area contributed by atoms with E-state index >= 15 is 0 Å². The highest BCUT2D eigenvalue weighted by molar-refractivity contribution is 6.17. The van der Waals surface area contributed by atoms with E-state index in [-0.39, 0.29) is 0 Å². The number of fused-ring (bicyclic) bond motifs is 5. The van der Waals surface area contributed by atoms with Crippen LogP contribution in [0.15, 0.2) is 182 Å². The van der Waals surface area contributed by atoms with Crippen molar-refractivity contribution in [1.29, 1.82) is 0 Å². The largest absolute Gasteiger partial charge is 0.0622 e. The molecule has 9 aromatic rings. The zero-order chi connectivity index (χ0) is 30.5. The minimum absolute atomic E-state index is 1.22. The molecule has 0 nitrogen and oxygen atoms in total. The second-order valence-electron chi connectivity index (χ2n) is 12.1. The monoisotopic (exact) mass is 582 g/mol. The molecule has 0 aliphatic rings. The molecule has 0 N–H and O–H groups in total. The van der Waals surface area contributed by atoms with Gasteiger partial charge in [0.2, 0.25) is 0 Å². The van der Waals surface area contributed by atoms with Crippen LogP contribution in [0.2, 0.25) is 0 Å². The van der Waals surface area contributed by atoms with Gasteiger partial charge in [0.15, 0.2) is 0 Å². The molecule has 0 bridgehead atoms. The first kappa shape index (κ1) is 26.4. The van der Waals surface area contributed by atoms with Crippen molar-refractivity contribution in [2.24, 2.45) is 0 Å². The van der Waals surface area contributed by atoms with Crippen LogP contribution in [0.4, 0.5) is 0 Å². The van der Waals surface area contributed by atoms with Gasteiger partial charge in [0.25, 0.3) is 0 Å². The topological polar surface area (TPSA) is 0 Å². The van der Waals surface area contributed by atoms with Gasteiger partial charge < -0.3 is 0 Å². The summed E-state index contributed by atoms with van der Waals surface area (Å²) < 4.78 is 0. The van der Waals surface area contributed by atoms with Gasteiger partial charge in [0.05, 0.1) is 0 Å². The Morgan fingerprint density at radius 2 is 0.761 bits per heavy atom. The van der Waals surface area contributed by atoms with E-state index < -0.39 is 0 Å². The average molecular weight is 583 g/mol. The van der Waals surface area contributed by atoms with E-state index in [1.807, 2.05) is 0 Å². The summed E-state index contributed by atoms with van der Waals surface area (Å²) in [6.45, 7) is 0. The first-order valence-corrected chi connectivity index (χ1v) is 15.9. The molecule has 0 aliphatic heterocycles. The van der Waals surface area contributed by atoms with Crippen LogP contribution in [0.25, 0.3) is 87.6 Å². The maximum Gasteiger partial charge on any atom is -0.00926 e. The highest BCUT2D eigenvalue weighted by atomic mass is 14.2. The highest BCUT2D eigenvalue weighted by Crippen LogP contribution is 2.43. The highest BCUT2D eigenvalue weighted by Gasteiger charge is 2.16. The molecular weight excluding hydrogens is 553 g/mol. The second kappa shape index (κ2) is 10.9. The fraction of sp³-hybridized carbons (Fsp3) is 0. The Morgan fingerprint density at radius 1 is 0.196 bits per heavy atom. The van der Waals surface area contributed by atoms with Crippen molar-refractivity contribution in [3.05, 3.63) is 182 Å². The van der Waals surface area contributed by atoms with Crippen molar-refractivity contribution in [2.75, 3.05) is 0 Å². The third-order valence-corrected chi connectivity index (χ3v) is 9.42. The molecule has 9 aromatic carbocycles. The van der Waals surface area contributed by atoms with Crippen LogP contribution in [0.5, 0.6) is 0 Å². The standard InChI is InChI=1S/C46H30/c1-3-12-31(13-4-1)36-22-24-40-38(26-36)30-46(41-21-11-19-32-16-9-10-20-39(32)41)45-29-37(23-25-42(40)45)44-28-35-18-8-7-17-34(35)27-43(44)33-14-5-2-6-15-33/h1-30H. The predicted molar refractivity (Wildman–Crippen MR) is 198 cm³/mol. The Kier molecular flexibility index (Phi) is 6.25. The molecule has 0 atom stereocenters. The molecule has 9 rings (SSSR count). The lowest BCUT2D eigenvalue weighted by atomic mass is 9.86. The van der Waals surface area contributed by atoms with Crippen LogP contribution in [0.3, 0.4) is 0 Å². The van der Waals surface area contributed by atoms with Crippen molar-refractivity contribution in [1.82, 2.24) is 0 Å². The number of hydrogen-bond acceptors (Lipinski definition) is 0. The average Bonchev–Trinajstić information content (AvgIpc) is 3.14. The number of rotatable bonds is 4. The fourth-order valence-corrected chi connectivity index (χ4v) is 7.16. The Labute approximate surface area is 268 Å². The molecule has 0 heteroatoms. The first-order valence-electron chi connectivity index (χ1n) is 15.9. The maximum absolute atomic E-state index is 2.42. The molecule has 0 aromatic heterocycles. The van der Waals surface area contributed by atoms with Gasteiger partial charge in [-0.1, -0.05) is 152 Å². The third kappa shape index (κ3) is 4.47. The minimum atomic E-state index is 1.22. The van der Waals surface area contributed by atoms with Crippen LogP contribution in [-0.4, -0.2) is 0 Å². The summed E-state index contributed by atoms with van der Waals surface area (Å²) in [5.41, 5.74) is 9.92. The minimum Gasteiger partial charge on any atom is -0.0622 e. The molecular formula is C46H30. The lowest BCUT2D eigenvalue weighted by molar-refractivity contribution is 1.61. The maximum atomic E-state index is 2.42. The molecule has 0 radical (unpaired) electrons. The summed E-state index contributed by atoms with van der Waals surface area (Å²) in [6, 6.07) is 66.7. The van der Waals surface area contributed by atoms with Crippen LogP contribution < -0.4 is 0 Å². The molecule has 0 unspecified atom stereocenters. The molecule has 0 saturated heterocycles. The Hall–Kier alpha value is -5.98. The molecule has 46 heavy (non-hydrogen) atoms. The van der Waals surface area contributed by atoms with Crippen LogP contribution in [0, 0.1) is 0 Å². The van der Waals surface area contributed by atoms with E-state index in [1.54, 1.807) is 0 Å².